The molecule has 17 heavy (non-hydrogen) atoms. The summed E-state index contributed by atoms with van der Waals surface area (Å²) in [5.41, 5.74) is -0.366. The Kier molecular flexibility index (Phi) is 3.06. The zero-order valence-electron chi connectivity index (χ0n) is 8.35. The van der Waals surface area contributed by atoms with Crippen LogP contribution in [0.3, 0.4) is 0 Å². The van der Waals surface area contributed by atoms with Crippen LogP contribution in [0.4, 0.5) is 16.5 Å². The predicted molar refractivity (Wildman–Crippen MR) is 61.1 cm³/mol. The molecule has 0 fully saturated rings. The van der Waals surface area contributed by atoms with E-state index in [1.165, 1.54) is 29.5 Å². The summed E-state index contributed by atoms with van der Waals surface area (Å²) in [7, 11) is 0. The molecule has 8 heteroatoms. The molecule has 1 heterocycles. The Morgan fingerprint density at radius 3 is 2.88 bits per heavy atom. The molecule has 1 aromatic heterocycles. The van der Waals surface area contributed by atoms with Gasteiger partial charge in [-0.05, 0) is 6.07 Å². The van der Waals surface area contributed by atoms with Gasteiger partial charge in [-0.15, -0.1) is 21.6 Å². The Labute approximate surface area is 99.2 Å². The third-order valence-corrected chi connectivity index (χ3v) is 2.51. The molecule has 1 N–H and O–H groups in total. The number of hydrogen-bond acceptors (Lipinski definition) is 7. The highest BCUT2D eigenvalue weighted by Crippen LogP contribution is 2.36. The van der Waals surface area contributed by atoms with E-state index in [9.17, 15) is 15.2 Å². The Morgan fingerprint density at radius 1 is 1.41 bits per heavy atom. The SMILES string of the molecule is O=[N+]([O-])c1cccc(N=Nc2nccs2)c1O. The first-order valence-corrected chi connectivity index (χ1v) is 5.34. The number of nitro benzene ring substituents is 1. The van der Waals surface area contributed by atoms with Crippen LogP contribution in [0.15, 0.2) is 40.0 Å². The van der Waals surface area contributed by atoms with Crippen molar-refractivity contribution in [1.29, 1.82) is 0 Å². The number of para-hydroxylation sites is 1. The number of aromatic hydroxyl groups is 1. The molecule has 0 spiro atoms. The van der Waals surface area contributed by atoms with E-state index in [1.54, 1.807) is 11.6 Å². The number of azo groups is 1. The second kappa shape index (κ2) is 4.66. The zero-order valence-corrected chi connectivity index (χ0v) is 9.16. The van der Waals surface area contributed by atoms with E-state index in [-0.39, 0.29) is 5.69 Å². The summed E-state index contributed by atoms with van der Waals surface area (Å²) in [4.78, 5) is 13.7. The molecule has 0 saturated heterocycles. The molecular weight excluding hydrogens is 244 g/mol. The zero-order chi connectivity index (χ0) is 12.3. The molecule has 0 radical (unpaired) electrons. The lowest BCUT2D eigenvalue weighted by Crippen LogP contribution is -1.87. The lowest BCUT2D eigenvalue weighted by Gasteiger charge is -1.97. The van der Waals surface area contributed by atoms with E-state index in [4.69, 9.17) is 0 Å². The lowest BCUT2D eigenvalue weighted by molar-refractivity contribution is -0.385. The van der Waals surface area contributed by atoms with Crippen molar-refractivity contribution in [1.82, 2.24) is 4.98 Å². The van der Waals surface area contributed by atoms with Crippen LogP contribution in [-0.2, 0) is 0 Å². The first-order chi connectivity index (χ1) is 8.18. The van der Waals surface area contributed by atoms with Crippen molar-refractivity contribution in [2.24, 2.45) is 10.2 Å². The average molecular weight is 250 g/mol. The highest BCUT2D eigenvalue weighted by molar-refractivity contribution is 7.13. The summed E-state index contributed by atoms with van der Waals surface area (Å²) in [6.45, 7) is 0. The van der Waals surface area contributed by atoms with Gasteiger partial charge in [-0.1, -0.05) is 6.07 Å². The highest BCUT2D eigenvalue weighted by atomic mass is 32.1. The predicted octanol–water partition coefficient (Wildman–Crippen LogP) is 3.17. The van der Waals surface area contributed by atoms with Crippen molar-refractivity contribution in [3.8, 4) is 5.75 Å². The van der Waals surface area contributed by atoms with Gasteiger partial charge in [0.05, 0.1) is 4.92 Å². The van der Waals surface area contributed by atoms with Gasteiger partial charge in [0.15, 0.2) is 0 Å². The fraction of sp³-hybridized carbons (Fsp3) is 0. The monoisotopic (exact) mass is 250 g/mol. The molecule has 2 rings (SSSR count). The lowest BCUT2D eigenvalue weighted by atomic mass is 10.2. The Balaban J connectivity index is 2.34. The van der Waals surface area contributed by atoms with Crippen LogP contribution in [0.25, 0.3) is 0 Å². The van der Waals surface area contributed by atoms with Crippen molar-refractivity contribution in [3.05, 3.63) is 39.9 Å². The highest BCUT2D eigenvalue weighted by Gasteiger charge is 2.16. The summed E-state index contributed by atoms with van der Waals surface area (Å²) in [6.07, 6.45) is 1.56. The number of rotatable bonds is 3. The normalized spacial score (nSPS) is 10.8. The maximum atomic E-state index is 10.6. The summed E-state index contributed by atoms with van der Waals surface area (Å²) in [5, 5.41) is 29.7. The van der Waals surface area contributed by atoms with Gasteiger partial charge in [0.1, 0.15) is 5.69 Å². The first kappa shape index (κ1) is 11.1. The molecular formula is C9H6N4O3S. The average Bonchev–Trinajstić information content (AvgIpc) is 2.80. The number of benzene rings is 1. The molecule has 0 unspecified atom stereocenters. The number of hydrogen-bond donors (Lipinski definition) is 1. The van der Waals surface area contributed by atoms with E-state index < -0.39 is 16.4 Å². The molecule has 0 saturated carbocycles. The van der Waals surface area contributed by atoms with Crippen LogP contribution in [0.2, 0.25) is 0 Å². The van der Waals surface area contributed by atoms with E-state index in [2.05, 4.69) is 15.2 Å². The van der Waals surface area contributed by atoms with Crippen LogP contribution in [0.5, 0.6) is 5.75 Å². The van der Waals surface area contributed by atoms with E-state index in [0.29, 0.717) is 5.13 Å². The van der Waals surface area contributed by atoms with E-state index >= 15 is 0 Å². The smallest absolute Gasteiger partial charge is 0.313 e. The van der Waals surface area contributed by atoms with Gasteiger partial charge in [0.2, 0.25) is 10.9 Å². The van der Waals surface area contributed by atoms with Crippen molar-refractivity contribution >= 4 is 27.8 Å². The van der Waals surface area contributed by atoms with Crippen LogP contribution in [0.1, 0.15) is 0 Å². The molecule has 0 aliphatic rings. The quantitative estimate of drug-likeness (QED) is 0.513. The van der Waals surface area contributed by atoms with Crippen LogP contribution >= 0.6 is 11.3 Å². The first-order valence-electron chi connectivity index (χ1n) is 4.46. The number of phenolic OH excluding ortho intramolecular Hbond substituents is 1. The maximum Gasteiger partial charge on any atom is 0.313 e. The van der Waals surface area contributed by atoms with Gasteiger partial charge in [-0.3, -0.25) is 10.1 Å². The van der Waals surface area contributed by atoms with Crippen LogP contribution < -0.4 is 0 Å². The fourth-order valence-electron chi connectivity index (χ4n) is 1.11. The Morgan fingerprint density at radius 2 is 2.24 bits per heavy atom. The van der Waals surface area contributed by atoms with Crippen molar-refractivity contribution in [2.45, 2.75) is 0 Å². The minimum atomic E-state index is -0.683. The third-order valence-electron chi connectivity index (χ3n) is 1.85. The Bertz CT molecular complexity index is 568. The number of nitrogens with zero attached hydrogens (tertiary/aromatic N) is 4. The second-order valence-electron chi connectivity index (χ2n) is 2.92. The van der Waals surface area contributed by atoms with Crippen molar-refractivity contribution in [2.75, 3.05) is 0 Å². The number of phenols is 1. The molecule has 0 aliphatic carbocycles. The summed E-state index contributed by atoms with van der Waals surface area (Å²) >= 11 is 1.27. The van der Waals surface area contributed by atoms with E-state index in [0.717, 1.165) is 0 Å². The topological polar surface area (TPSA) is 101 Å². The molecule has 0 atom stereocenters. The molecule has 7 nitrogen and oxygen atoms in total. The summed E-state index contributed by atoms with van der Waals surface area (Å²) < 4.78 is 0. The van der Waals surface area contributed by atoms with Gasteiger partial charge < -0.3 is 5.11 Å². The molecule has 2 aromatic rings. The number of thiazole rings is 1. The van der Waals surface area contributed by atoms with Gasteiger partial charge >= 0.3 is 5.69 Å². The Hall–Kier alpha value is -2.35. The third kappa shape index (κ3) is 2.42. The summed E-state index contributed by atoms with van der Waals surface area (Å²) in [5.74, 6) is -0.502. The van der Waals surface area contributed by atoms with Crippen molar-refractivity contribution in [3.63, 3.8) is 0 Å². The van der Waals surface area contributed by atoms with Crippen molar-refractivity contribution < 1.29 is 10.0 Å². The number of nitro groups is 1. The van der Waals surface area contributed by atoms with Gasteiger partial charge in [-0.25, -0.2) is 4.98 Å². The van der Waals surface area contributed by atoms with Crippen LogP contribution in [-0.4, -0.2) is 15.0 Å². The molecule has 0 bridgehead atoms. The second-order valence-corrected chi connectivity index (χ2v) is 3.79. The number of aromatic nitrogens is 1. The van der Waals surface area contributed by atoms with Gasteiger partial charge in [0.25, 0.3) is 0 Å². The fourth-order valence-corrected chi connectivity index (χ4v) is 1.56. The minimum absolute atomic E-state index is 0.0365. The minimum Gasteiger partial charge on any atom is -0.501 e. The van der Waals surface area contributed by atoms with Gasteiger partial charge in [-0.2, -0.15) is 0 Å². The van der Waals surface area contributed by atoms with Gasteiger partial charge in [0, 0.05) is 17.6 Å². The van der Waals surface area contributed by atoms with Crippen LogP contribution in [0, 0.1) is 10.1 Å². The molecule has 0 amide bonds. The molecule has 86 valence electrons. The largest absolute Gasteiger partial charge is 0.501 e. The standard InChI is InChI=1S/C9H6N4O3S/c14-8-6(2-1-3-7(8)13(15)16)11-12-9-10-4-5-17-9/h1-5,14H. The molecule has 0 aliphatic heterocycles. The molecule has 1 aromatic carbocycles. The van der Waals surface area contributed by atoms with E-state index in [1.807, 2.05) is 0 Å². The summed E-state index contributed by atoms with van der Waals surface area (Å²) in [6, 6.07) is 4.05. The maximum absolute atomic E-state index is 10.6.